The molecule has 1 aliphatic heterocycles. The van der Waals surface area contributed by atoms with E-state index in [-0.39, 0.29) is 5.91 Å². The van der Waals surface area contributed by atoms with E-state index >= 15 is 0 Å². The molecule has 1 amide bonds. The third kappa shape index (κ3) is 1.53. The zero-order valence-corrected chi connectivity index (χ0v) is 9.10. The highest BCUT2D eigenvalue weighted by atomic mass is 32.1. The van der Waals surface area contributed by atoms with Crippen molar-refractivity contribution in [3.8, 4) is 0 Å². The Kier molecular flexibility index (Phi) is 2.28. The number of rotatable bonds is 1. The van der Waals surface area contributed by atoms with Crippen molar-refractivity contribution in [3.63, 3.8) is 0 Å². The molecular formula is C9H13N3OS. The maximum atomic E-state index is 12.0. The molecule has 1 N–H and O–H groups in total. The van der Waals surface area contributed by atoms with Crippen molar-refractivity contribution in [1.82, 2.24) is 10.3 Å². The van der Waals surface area contributed by atoms with E-state index in [1.165, 1.54) is 11.3 Å². The van der Waals surface area contributed by atoms with Crippen molar-refractivity contribution in [2.24, 2.45) is 0 Å². The number of nitrogens with one attached hydrogen (secondary N) is 1. The second kappa shape index (κ2) is 3.33. The predicted molar refractivity (Wildman–Crippen MR) is 56.5 cm³/mol. The molecule has 14 heavy (non-hydrogen) atoms. The van der Waals surface area contributed by atoms with Gasteiger partial charge in [-0.2, -0.15) is 0 Å². The fourth-order valence-corrected chi connectivity index (χ4v) is 2.19. The number of piperazine rings is 1. The van der Waals surface area contributed by atoms with Gasteiger partial charge in [-0.25, -0.2) is 4.98 Å². The lowest BCUT2D eigenvalue weighted by Gasteiger charge is -2.36. The van der Waals surface area contributed by atoms with Gasteiger partial charge in [0.2, 0.25) is 5.91 Å². The van der Waals surface area contributed by atoms with Crippen LogP contribution in [0.4, 0.5) is 5.13 Å². The molecule has 2 rings (SSSR count). The van der Waals surface area contributed by atoms with Crippen LogP contribution in [0.1, 0.15) is 13.8 Å². The van der Waals surface area contributed by atoms with Gasteiger partial charge < -0.3 is 5.32 Å². The summed E-state index contributed by atoms with van der Waals surface area (Å²) in [5, 5.41) is 5.87. The summed E-state index contributed by atoms with van der Waals surface area (Å²) in [5.74, 6) is 0.0960. The molecule has 0 radical (unpaired) electrons. The highest BCUT2D eigenvalue weighted by molar-refractivity contribution is 7.13. The molecule has 1 aliphatic rings. The van der Waals surface area contributed by atoms with Gasteiger partial charge in [0.25, 0.3) is 0 Å². The first-order valence-corrected chi connectivity index (χ1v) is 5.46. The number of carbonyl (C=O) groups is 1. The molecule has 4 nitrogen and oxygen atoms in total. The van der Waals surface area contributed by atoms with Crippen LogP contribution in [0.15, 0.2) is 11.6 Å². The minimum atomic E-state index is -0.468. The Morgan fingerprint density at radius 1 is 1.64 bits per heavy atom. The van der Waals surface area contributed by atoms with Gasteiger partial charge in [-0.3, -0.25) is 9.69 Å². The van der Waals surface area contributed by atoms with E-state index in [4.69, 9.17) is 0 Å². The second-order valence-electron chi connectivity index (χ2n) is 3.82. The summed E-state index contributed by atoms with van der Waals surface area (Å²) in [6.07, 6.45) is 1.72. The van der Waals surface area contributed by atoms with Crippen molar-refractivity contribution < 1.29 is 4.79 Å². The summed E-state index contributed by atoms with van der Waals surface area (Å²) in [6, 6.07) is 0. The molecule has 0 saturated carbocycles. The summed E-state index contributed by atoms with van der Waals surface area (Å²) >= 11 is 1.50. The van der Waals surface area contributed by atoms with E-state index in [1.54, 1.807) is 11.1 Å². The van der Waals surface area contributed by atoms with Crippen LogP contribution in [0, 0.1) is 0 Å². The number of anilines is 1. The van der Waals surface area contributed by atoms with E-state index in [9.17, 15) is 4.79 Å². The summed E-state index contributed by atoms with van der Waals surface area (Å²) in [6.45, 7) is 5.32. The van der Waals surface area contributed by atoms with Gasteiger partial charge in [0.15, 0.2) is 5.13 Å². The highest BCUT2D eigenvalue weighted by Gasteiger charge is 2.36. The fraction of sp³-hybridized carbons (Fsp3) is 0.556. The molecule has 5 heteroatoms. The Morgan fingerprint density at radius 3 is 3.07 bits per heavy atom. The van der Waals surface area contributed by atoms with Crippen LogP contribution >= 0.6 is 11.3 Å². The molecule has 1 saturated heterocycles. The molecule has 1 aromatic heterocycles. The average Bonchev–Trinajstić information content (AvgIpc) is 2.62. The first kappa shape index (κ1) is 9.61. The van der Waals surface area contributed by atoms with Crippen LogP contribution in [-0.4, -0.2) is 29.5 Å². The van der Waals surface area contributed by atoms with Crippen molar-refractivity contribution in [3.05, 3.63) is 11.6 Å². The summed E-state index contributed by atoms with van der Waals surface area (Å²) < 4.78 is 0. The smallest absolute Gasteiger partial charge is 0.248 e. The van der Waals surface area contributed by atoms with Gasteiger partial charge in [0.1, 0.15) is 0 Å². The number of amides is 1. The highest BCUT2D eigenvalue weighted by Crippen LogP contribution is 2.22. The number of carbonyl (C=O) groups excluding carboxylic acids is 1. The standard InChI is InChI=1S/C9H13N3OS/c1-9(2)7(13)12(5-3-11-9)8-10-4-6-14-8/h4,6,11H,3,5H2,1-2H3. The van der Waals surface area contributed by atoms with Crippen LogP contribution in [0.25, 0.3) is 0 Å². The monoisotopic (exact) mass is 211 g/mol. The molecule has 0 aromatic carbocycles. The van der Waals surface area contributed by atoms with Crippen molar-refractivity contribution in [2.45, 2.75) is 19.4 Å². The Morgan fingerprint density at radius 2 is 2.43 bits per heavy atom. The van der Waals surface area contributed by atoms with Gasteiger partial charge in [0, 0.05) is 24.7 Å². The molecule has 76 valence electrons. The molecule has 0 atom stereocenters. The molecule has 0 aliphatic carbocycles. The minimum absolute atomic E-state index is 0.0960. The fourth-order valence-electron chi connectivity index (χ4n) is 1.53. The van der Waals surface area contributed by atoms with Crippen molar-refractivity contribution >= 4 is 22.4 Å². The molecular weight excluding hydrogens is 198 g/mol. The summed E-state index contributed by atoms with van der Waals surface area (Å²) in [7, 11) is 0. The van der Waals surface area contributed by atoms with E-state index in [2.05, 4.69) is 10.3 Å². The van der Waals surface area contributed by atoms with Crippen LogP contribution in [0.3, 0.4) is 0 Å². The van der Waals surface area contributed by atoms with Gasteiger partial charge in [-0.1, -0.05) is 0 Å². The normalized spacial score (nSPS) is 21.3. The van der Waals surface area contributed by atoms with Gasteiger partial charge in [0.05, 0.1) is 5.54 Å². The zero-order chi connectivity index (χ0) is 10.2. The second-order valence-corrected chi connectivity index (χ2v) is 4.70. The first-order chi connectivity index (χ1) is 6.61. The summed E-state index contributed by atoms with van der Waals surface area (Å²) in [5.41, 5.74) is -0.468. The molecule has 0 spiro atoms. The maximum absolute atomic E-state index is 12.0. The van der Waals surface area contributed by atoms with E-state index in [0.717, 1.165) is 11.7 Å². The molecule has 2 heterocycles. The Balaban J connectivity index is 2.25. The molecule has 0 bridgehead atoms. The number of hydrogen-bond acceptors (Lipinski definition) is 4. The lowest BCUT2D eigenvalue weighted by atomic mass is 10.0. The number of nitrogens with zero attached hydrogens (tertiary/aromatic N) is 2. The van der Waals surface area contributed by atoms with Crippen molar-refractivity contribution in [1.29, 1.82) is 0 Å². The number of hydrogen-bond donors (Lipinski definition) is 1. The number of thiazole rings is 1. The van der Waals surface area contributed by atoms with E-state index < -0.39 is 5.54 Å². The third-order valence-electron chi connectivity index (χ3n) is 2.33. The maximum Gasteiger partial charge on any atom is 0.248 e. The van der Waals surface area contributed by atoms with E-state index in [0.29, 0.717) is 6.54 Å². The Hall–Kier alpha value is -0.940. The third-order valence-corrected chi connectivity index (χ3v) is 3.13. The van der Waals surface area contributed by atoms with Crippen LogP contribution in [-0.2, 0) is 4.79 Å². The average molecular weight is 211 g/mol. The lowest BCUT2D eigenvalue weighted by Crippen LogP contribution is -2.61. The SMILES string of the molecule is CC1(C)NCCN(c2nccs2)C1=O. The summed E-state index contributed by atoms with van der Waals surface area (Å²) in [4.78, 5) is 17.9. The quantitative estimate of drug-likeness (QED) is 0.749. The van der Waals surface area contributed by atoms with E-state index in [1.807, 2.05) is 19.2 Å². The molecule has 0 unspecified atom stereocenters. The molecule has 1 aromatic rings. The van der Waals surface area contributed by atoms with Crippen LogP contribution < -0.4 is 10.2 Å². The minimum Gasteiger partial charge on any atom is -0.302 e. The predicted octanol–water partition coefficient (Wildman–Crippen LogP) is 0.858. The van der Waals surface area contributed by atoms with Crippen molar-refractivity contribution in [2.75, 3.05) is 18.0 Å². The first-order valence-electron chi connectivity index (χ1n) is 4.58. The largest absolute Gasteiger partial charge is 0.302 e. The lowest BCUT2D eigenvalue weighted by molar-refractivity contribution is -0.124. The van der Waals surface area contributed by atoms with Crippen LogP contribution in [0.2, 0.25) is 0 Å². The zero-order valence-electron chi connectivity index (χ0n) is 8.28. The van der Waals surface area contributed by atoms with Gasteiger partial charge in [-0.05, 0) is 13.8 Å². The Labute approximate surface area is 86.9 Å². The topological polar surface area (TPSA) is 45.2 Å². The number of aromatic nitrogens is 1. The van der Waals surface area contributed by atoms with Gasteiger partial charge in [-0.15, -0.1) is 11.3 Å². The Bertz CT molecular complexity index is 334. The van der Waals surface area contributed by atoms with Gasteiger partial charge >= 0.3 is 0 Å². The van der Waals surface area contributed by atoms with Crippen LogP contribution in [0.5, 0.6) is 0 Å². The molecule has 1 fully saturated rings.